The van der Waals surface area contributed by atoms with E-state index in [1.165, 1.54) is 5.56 Å². The molecular formula is C33H41N5O3. The molecule has 2 aliphatic heterocycles. The highest BCUT2D eigenvalue weighted by Gasteiger charge is 2.33. The predicted octanol–water partition coefficient (Wildman–Crippen LogP) is 5.79. The van der Waals surface area contributed by atoms with Gasteiger partial charge in [-0.05, 0) is 56.9 Å². The Morgan fingerprint density at radius 1 is 1.05 bits per heavy atom. The van der Waals surface area contributed by atoms with Gasteiger partial charge >= 0.3 is 11.8 Å². The van der Waals surface area contributed by atoms with Crippen LogP contribution in [0.2, 0.25) is 0 Å². The largest absolute Gasteiger partial charge is 0.444 e. The van der Waals surface area contributed by atoms with E-state index in [4.69, 9.17) is 9.72 Å². The van der Waals surface area contributed by atoms with Gasteiger partial charge in [-0.1, -0.05) is 62.4 Å². The Bertz CT molecular complexity index is 1490. The van der Waals surface area contributed by atoms with Gasteiger partial charge in [-0.15, -0.1) is 0 Å². The van der Waals surface area contributed by atoms with E-state index in [1.54, 1.807) is 9.47 Å². The molecule has 3 heterocycles. The lowest BCUT2D eigenvalue weighted by molar-refractivity contribution is 0.0218. The van der Waals surface area contributed by atoms with E-state index >= 15 is 0 Å². The first-order chi connectivity index (χ1) is 19.5. The molecular weight excluding hydrogens is 514 g/mol. The van der Waals surface area contributed by atoms with E-state index in [-0.39, 0.29) is 23.7 Å². The van der Waals surface area contributed by atoms with Crippen molar-refractivity contribution in [3.8, 4) is 5.69 Å². The number of carbonyl (C=O) groups is 1. The number of rotatable bonds is 5. The lowest BCUT2D eigenvalue weighted by atomic mass is 10.00. The second-order valence-corrected chi connectivity index (χ2v) is 12.3. The number of para-hydroxylation sites is 1. The molecule has 0 N–H and O–H groups in total. The van der Waals surface area contributed by atoms with E-state index < -0.39 is 5.60 Å². The van der Waals surface area contributed by atoms with Crippen LogP contribution in [0.5, 0.6) is 0 Å². The van der Waals surface area contributed by atoms with Gasteiger partial charge in [0.2, 0.25) is 0 Å². The molecule has 1 aromatic heterocycles. The number of aromatic nitrogens is 2. The van der Waals surface area contributed by atoms with Gasteiger partial charge in [0.25, 0.3) is 0 Å². The number of hydrogen-bond acceptors (Lipinski definition) is 6. The Hall–Kier alpha value is -4.07. The normalized spacial score (nSPS) is 17.1. The first kappa shape index (κ1) is 28.5. The first-order valence-electron chi connectivity index (χ1n) is 14.5. The van der Waals surface area contributed by atoms with Gasteiger partial charge in [0.05, 0.1) is 17.9 Å². The maximum absolute atomic E-state index is 13.9. The fraction of sp³-hybridized carbons (Fsp3) is 0.424. The summed E-state index contributed by atoms with van der Waals surface area (Å²) in [5.41, 5.74) is 4.22. The van der Waals surface area contributed by atoms with Crippen LogP contribution in [0.1, 0.15) is 69.8 Å². The van der Waals surface area contributed by atoms with Gasteiger partial charge in [-0.2, -0.15) is 4.98 Å². The van der Waals surface area contributed by atoms with Crippen LogP contribution in [0, 0.1) is 0 Å². The molecule has 0 aliphatic carbocycles. The SMILES string of the molecule is CC(C)c1ccccc1-n1c2c(c(N3CCN(C(=O)OC(C)(C)C)C[C@@H]3C)nc1=O)C=CN(Cc1ccccc1)C2. The summed E-state index contributed by atoms with van der Waals surface area (Å²) in [6.07, 6.45) is 3.88. The zero-order valence-electron chi connectivity index (χ0n) is 25.0. The summed E-state index contributed by atoms with van der Waals surface area (Å²) in [5, 5.41) is 0. The van der Waals surface area contributed by atoms with Crippen molar-refractivity contribution in [3.05, 3.63) is 93.7 Å². The van der Waals surface area contributed by atoms with Gasteiger partial charge in [0.15, 0.2) is 0 Å². The maximum atomic E-state index is 13.9. The second kappa shape index (κ2) is 11.4. The van der Waals surface area contributed by atoms with Gasteiger partial charge in [0, 0.05) is 44.0 Å². The third-order valence-corrected chi connectivity index (χ3v) is 7.60. The summed E-state index contributed by atoms with van der Waals surface area (Å²) < 4.78 is 7.42. The quantitative estimate of drug-likeness (QED) is 0.397. The molecule has 0 spiro atoms. The third kappa shape index (κ3) is 6.16. The van der Waals surface area contributed by atoms with Gasteiger partial charge in [0.1, 0.15) is 11.4 Å². The van der Waals surface area contributed by atoms with Crippen molar-refractivity contribution in [2.24, 2.45) is 0 Å². The fourth-order valence-corrected chi connectivity index (χ4v) is 5.66. The molecule has 1 saturated heterocycles. The zero-order valence-corrected chi connectivity index (χ0v) is 25.0. The van der Waals surface area contributed by atoms with Crippen molar-refractivity contribution in [1.29, 1.82) is 0 Å². The number of piperazine rings is 1. The number of amides is 1. The molecule has 2 aliphatic rings. The second-order valence-electron chi connectivity index (χ2n) is 12.3. The van der Waals surface area contributed by atoms with Gasteiger partial charge in [-0.3, -0.25) is 4.57 Å². The number of hydrogen-bond donors (Lipinski definition) is 0. The summed E-state index contributed by atoms with van der Waals surface area (Å²) in [6, 6.07) is 18.4. The molecule has 0 bridgehead atoms. The standard InChI is InChI=1S/C33H41N5O3/c1-23(2)26-14-10-11-15-28(26)38-29-22-35(21-25-12-8-7-9-13-25)17-16-27(29)30(34-31(38)39)37-19-18-36(20-24(37)3)32(40)41-33(4,5)6/h7-17,23-24H,18-22H2,1-6H3/t24-/m0/s1. The molecule has 2 aromatic carbocycles. The summed E-state index contributed by atoms with van der Waals surface area (Å²) in [6.45, 7) is 14.8. The molecule has 1 atom stereocenters. The minimum absolute atomic E-state index is 0.0400. The Morgan fingerprint density at radius 2 is 1.76 bits per heavy atom. The van der Waals surface area contributed by atoms with Crippen molar-refractivity contribution in [1.82, 2.24) is 19.4 Å². The highest BCUT2D eigenvalue weighted by atomic mass is 16.6. The maximum Gasteiger partial charge on any atom is 0.410 e. The Kier molecular flexibility index (Phi) is 7.93. The van der Waals surface area contributed by atoms with Crippen molar-refractivity contribution < 1.29 is 9.53 Å². The first-order valence-corrected chi connectivity index (χ1v) is 14.5. The Morgan fingerprint density at radius 3 is 2.44 bits per heavy atom. The molecule has 5 rings (SSSR count). The minimum atomic E-state index is -0.550. The van der Waals surface area contributed by atoms with E-state index in [2.05, 4.69) is 61.0 Å². The van der Waals surface area contributed by atoms with Gasteiger partial charge < -0.3 is 19.4 Å². The predicted molar refractivity (Wildman–Crippen MR) is 163 cm³/mol. The van der Waals surface area contributed by atoms with Crippen LogP contribution in [0.4, 0.5) is 10.6 Å². The summed E-state index contributed by atoms with van der Waals surface area (Å²) >= 11 is 0. The van der Waals surface area contributed by atoms with Crippen molar-refractivity contribution in [2.45, 2.75) is 72.2 Å². The van der Waals surface area contributed by atoms with Crippen molar-refractivity contribution >= 4 is 18.0 Å². The molecule has 8 nitrogen and oxygen atoms in total. The van der Waals surface area contributed by atoms with E-state index in [1.807, 2.05) is 57.2 Å². The summed E-state index contributed by atoms with van der Waals surface area (Å²) in [4.78, 5) is 37.5. The molecule has 216 valence electrons. The van der Waals surface area contributed by atoms with E-state index in [9.17, 15) is 9.59 Å². The lowest BCUT2D eigenvalue weighted by Gasteiger charge is -2.42. The molecule has 0 unspecified atom stereocenters. The van der Waals surface area contributed by atoms with Gasteiger partial charge in [-0.25, -0.2) is 9.59 Å². The molecule has 0 saturated carbocycles. The highest BCUT2D eigenvalue weighted by Crippen LogP contribution is 2.33. The van der Waals surface area contributed by atoms with Crippen LogP contribution in [0.25, 0.3) is 11.8 Å². The molecule has 3 aromatic rings. The van der Waals surface area contributed by atoms with E-state index in [0.717, 1.165) is 29.1 Å². The lowest BCUT2D eigenvalue weighted by Crippen LogP contribution is -2.55. The smallest absolute Gasteiger partial charge is 0.410 e. The fourth-order valence-electron chi connectivity index (χ4n) is 5.66. The molecule has 1 amide bonds. The number of carbonyl (C=O) groups excluding carboxylic acids is 1. The van der Waals surface area contributed by atoms with Crippen molar-refractivity contribution in [3.63, 3.8) is 0 Å². The van der Waals surface area contributed by atoms with Crippen LogP contribution in [0.3, 0.4) is 0 Å². The third-order valence-electron chi connectivity index (χ3n) is 7.60. The van der Waals surface area contributed by atoms with Crippen LogP contribution in [0.15, 0.2) is 65.6 Å². The Labute approximate surface area is 242 Å². The summed E-state index contributed by atoms with van der Waals surface area (Å²) in [5.74, 6) is 0.921. The van der Waals surface area contributed by atoms with Crippen LogP contribution < -0.4 is 10.6 Å². The average Bonchev–Trinajstić information content (AvgIpc) is 2.92. The highest BCUT2D eigenvalue weighted by molar-refractivity contribution is 5.71. The number of nitrogens with zero attached hydrogens (tertiary/aromatic N) is 5. The van der Waals surface area contributed by atoms with Crippen LogP contribution >= 0.6 is 0 Å². The Balaban J connectivity index is 1.54. The van der Waals surface area contributed by atoms with Crippen LogP contribution in [-0.2, 0) is 17.8 Å². The molecule has 8 heteroatoms. The van der Waals surface area contributed by atoms with Crippen molar-refractivity contribution in [2.75, 3.05) is 24.5 Å². The molecule has 0 radical (unpaired) electrons. The number of benzene rings is 2. The average molecular weight is 556 g/mol. The topological polar surface area (TPSA) is 70.9 Å². The number of fused-ring (bicyclic) bond motifs is 1. The minimum Gasteiger partial charge on any atom is -0.444 e. The van der Waals surface area contributed by atoms with Crippen LogP contribution in [-0.4, -0.2) is 56.7 Å². The monoisotopic (exact) mass is 555 g/mol. The summed E-state index contributed by atoms with van der Waals surface area (Å²) in [7, 11) is 0. The van der Waals surface area contributed by atoms with E-state index in [0.29, 0.717) is 32.0 Å². The molecule has 41 heavy (non-hydrogen) atoms. The number of anilines is 1. The number of ether oxygens (including phenoxy) is 1. The zero-order chi connectivity index (χ0) is 29.3. The molecule has 1 fully saturated rings.